The van der Waals surface area contributed by atoms with Crippen LogP contribution in [0.1, 0.15) is 58.8 Å². The number of likely N-dealkylation sites (tertiary alicyclic amines) is 1. The second-order valence-corrected chi connectivity index (χ2v) is 5.79. The molecule has 1 amide bonds. The van der Waals surface area contributed by atoms with E-state index in [1.54, 1.807) is 0 Å². The molecule has 17 heavy (non-hydrogen) atoms. The van der Waals surface area contributed by atoms with E-state index >= 15 is 0 Å². The Morgan fingerprint density at radius 3 is 2.06 bits per heavy atom. The average Bonchev–Trinajstić information content (AvgIpc) is 2.56. The number of carbonyl (C=O) groups excluding carboxylic acids is 2. The van der Waals surface area contributed by atoms with Gasteiger partial charge < -0.3 is 4.90 Å². The van der Waals surface area contributed by atoms with Crippen LogP contribution in [0.4, 0.5) is 0 Å². The minimum Gasteiger partial charge on any atom is -0.340 e. The zero-order valence-corrected chi connectivity index (χ0v) is 11.2. The number of amides is 1. The van der Waals surface area contributed by atoms with Gasteiger partial charge in [0, 0.05) is 25.4 Å². The number of carbonyl (C=O) groups is 2. The maximum absolute atomic E-state index is 12.5. The molecular formula is C14H23NO2. The van der Waals surface area contributed by atoms with Gasteiger partial charge in [-0.3, -0.25) is 9.59 Å². The van der Waals surface area contributed by atoms with E-state index in [0.29, 0.717) is 24.5 Å². The Morgan fingerprint density at radius 1 is 1.12 bits per heavy atom. The fraction of sp³-hybridized carbons (Fsp3) is 0.857. The van der Waals surface area contributed by atoms with Crippen LogP contribution in [0, 0.1) is 5.41 Å². The van der Waals surface area contributed by atoms with Gasteiger partial charge in [-0.2, -0.15) is 0 Å². The lowest BCUT2D eigenvalue weighted by atomic mass is 9.71. The lowest BCUT2D eigenvalue weighted by Crippen LogP contribution is -2.45. The van der Waals surface area contributed by atoms with Crippen molar-refractivity contribution in [3.8, 4) is 0 Å². The van der Waals surface area contributed by atoms with Gasteiger partial charge in [-0.05, 0) is 32.1 Å². The molecule has 1 saturated heterocycles. The fourth-order valence-corrected chi connectivity index (χ4v) is 3.70. The summed E-state index contributed by atoms with van der Waals surface area (Å²) in [5.41, 5.74) is -0.174. The van der Waals surface area contributed by atoms with Crippen molar-refractivity contribution in [1.29, 1.82) is 0 Å². The predicted octanol–water partition coefficient (Wildman–Crippen LogP) is 2.54. The fourth-order valence-electron chi connectivity index (χ4n) is 3.70. The number of Topliss-reactive ketones (excluding diaryl/α,β-unsaturated/α-hetero) is 1. The molecule has 1 aliphatic heterocycles. The molecule has 0 aromatic carbocycles. The molecule has 96 valence electrons. The van der Waals surface area contributed by atoms with Gasteiger partial charge in [-0.1, -0.05) is 13.8 Å². The van der Waals surface area contributed by atoms with Crippen LogP contribution in [0.2, 0.25) is 0 Å². The Hall–Kier alpha value is -0.860. The molecule has 2 fully saturated rings. The summed E-state index contributed by atoms with van der Waals surface area (Å²) in [5, 5.41) is 0. The number of hydrogen-bond donors (Lipinski definition) is 0. The minimum atomic E-state index is -0.158. The van der Waals surface area contributed by atoms with E-state index in [2.05, 4.69) is 13.8 Å². The Balaban J connectivity index is 2.27. The highest BCUT2D eigenvalue weighted by molar-refractivity contribution is 5.87. The van der Waals surface area contributed by atoms with E-state index in [-0.39, 0.29) is 11.0 Å². The summed E-state index contributed by atoms with van der Waals surface area (Å²) in [6.45, 7) is 4.23. The van der Waals surface area contributed by atoms with Crippen LogP contribution >= 0.6 is 0 Å². The normalized spacial score (nSPS) is 26.9. The van der Waals surface area contributed by atoms with E-state index in [0.717, 1.165) is 32.1 Å². The second-order valence-electron chi connectivity index (χ2n) is 5.79. The second kappa shape index (κ2) is 4.11. The van der Waals surface area contributed by atoms with Crippen molar-refractivity contribution >= 4 is 11.7 Å². The summed E-state index contributed by atoms with van der Waals surface area (Å²) in [6, 6.07) is 0. The summed E-state index contributed by atoms with van der Waals surface area (Å²) in [4.78, 5) is 25.8. The number of hydrogen-bond acceptors (Lipinski definition) is 2. The van der Waals surface area contributed by atoms with Crippen LogP contribution in [-0.4, -0.2) is 29.2 Å². The van der Waals surface area contributed by atoms with Crippen LogP contribution in [0.5, 0.6) is 0 Å². The van der Waals surface area contributed by atoms with Crippen molar-refractivity contribution in [2.75, 3.05) is 7.05 Å². The first-order valence-electron chi connectivity index (χ1n) is 6.80. The molecule has 0 aromatic rings. The van der Waals surface area contributed by atoms with Gasteiger partial charge in [0.15, 0.2) is 0 Å². The average molecular weight is 237 g/mol. The SMILES string of the molecule is CCC1(CC)CC2(CCC(=O)CC2)N(C)C1=O. The van der Waals surface area contributed by atoms with Crippen molar-refractivity contribution in [1.82, 2.24) is 4.90 Å². The Bertz CT molecular complexity index is 334. The van der Waals surface area contributed by atoms with Crippen LogP contribution < -0.4 is 0 Å². The van der Waals surface area contributed by atoms with Gasteiger partial charge >= 0.3 is 0 Å². The van der Waals surface area contributed by atoms with Crippen molar-refractivity contribution in [3.63, 3.8) is 0 Å². The maximum atomic E-state index is 12.5. The smallest absolute Gasteiger partial charge is 0.229 e. The van der Waals surface area contributed by atoms with E-state index in [4.69, 9.17) is 0 Å². The lowest BCUT2D eigenvalue weighted by molar-refractivity contribution is -0.138. The van der Waals surface area contributed by atoms with Gasteiger partial charge in [-0.15, -0.1) is 0 Å². The van der Waals surface area contributed by atoms with Crippen molar-refractivity contribution in [3.05, 3.63) is 0 Å². The van der Waals surface area contributed by atoms with E-state index < -0.39 is 0 Å². The van der Waals surface area contributed by atoms with Gasteiger partial charge in [-0.25, -0.2) is 0 Å². The van der Waals surface area contributed by atoms with E-state index in [9.17, 15) is 9.59 Å². The summed E-state index contributed by atoms with van der Waals surface area (Å²) < 4.78 is 0. The molecule has 1 saturated carbocycles. The molecule has 0 aromatic heterocycles. The monoisotopic (exact) mass is 237 g/mol. The van der Waals surface area contributed by atoms with Crippen LogP contribution in [0.3, 0.4) is 0 Å². The first-order chi connectivity index (χ1) is 7.99. The summed E-state index contributed by atoms with van der Waals surface area (Å²) in [6.07, 6.45) is 5.84. The highest BCUT2D eigenvalue weighted by Gasteiger charge is 2.56. The molecule has 2 rings (SSSR count). The van der Waals surface area contributed by atoms with Gasteiger partial charge in [0.1, 0.15) is 5.78 Å². The van der Waals surface area contributed by atoms with Gasteiger partial charge in [0.2, 0.25) is 5.91 Å². The molecule has 1 aliphatic carbocycles. The number of rotatable bonds is 2. The van der Waals surface area contributed by atoms with Crippen molar-refractivity contribution < 1.29 is 9.59 Å². The molecule has 3 heteroatoms. The Kier molecular flexibility index (Phi) is 3.04. The maximum Gasteiger partial charge on any atom is 0.229 e. The number of nitrogens with zero attached hydrogens (tertiary/aromatic N) is 1. The topological polar surface area (TPSA) is 37.4 Å². The molecule has 0 unspecified atom stereocenters. The summed E-state index contributed by atoms with van der Waals surface area (Å²) >= 11 is 0. The predicted molar refractivity (Wildman–Crippen MR) is 66.6 cm³/mol. The van der Waals surface area contributed by atoms with Crippen LogP contribution in [0.25, 0.3) is 0 Å². The first-order valence-corrected chi connectivity index (χ1v) is 6.80. The van der Waals surface area contributed by atoms with Crippen LogP contribution in [0.15, 0.2) is 0 Å². The van der Waals surface area contributed by atoms with Crippen LogP contribution in [-0.2, 0) is 9.59 Å². The third-order valence-corrected chi connectivity index (χ3v) is 5.23. The zero-order valence-electron chi connectivity index (χ0n) is 11.2. The molecule has 0 bridgehead atoms. The molecule has 0 radical (unpaired) electrons. The number of ketones is 1. The Morgan fingerprint density at radius 2 is 1.65 bits per heavy atom. The van der Waals surface area contributed by atoms with Gasteiger partial charge in [0.25, 0.3) is 0 Å². The molecule has 1 heterocycles. The molecule has 0 N–H and O–H groups in total. The van der Waals surface area contributed by atoms with Crippen molar-refractivity contribution in [2.24, 2.45) is 5.41 Å². The summed E-state index contributed by atoms with van der Waals surface area (Å²) in [5.74, 6) is 0.666. The minimum absolute atomic E-state index is 0.0169. The van der Waals surface area contributed by atoms with E-state index in [1.165, 1.54) is 0 Å². The molecular weight excluding hydrogens is 214 g/mol. The van der Waals surface area contributed by atoms with Crippen molar-refractivity contribution in [2.45, 2.75) is 64.3 Å². The molecule has 3 nitrogen and oxygen atoms in total. The third kappa shape index (κ3) is 1.71. The largest absolute Gasteiger partial charge is 0.340 e. The molecule has 2 aliphatic rings. The van der Waals surface area contributed by atoms with Gasteiger partial charge in [0.05, 0.1) is 5.41 Å². The lowest BCUT2D eigenvalue weighted by Gasteiger charge is -2.39. The van der Waals surface area contributed by atoms with E-state index in [1.807, 2.05) is 11.9 Å². The quantitative estimate of drug-likeness (QED) is 0.740. The molecule has 0 atom stereocenters. The first kappa shape index (κ1) is 12.6. The molecule has 1 spiro atoms. The standard InChI is InChI=1S/C14H23NO2/c1-4-13(5-2)10-14(15(3)12(13)17)8-6-11(16)7-9-14/h4-10H2,1-3H3. The highest BCUT2D eigenvalue weighted by Crippen LogP contribution is 2.51. The summed E-state index contributed by atoms with van der Waals surface area (Å²) in [7, 11) is 1.94. The Labute approximate surface area is 104 Å². The zero-order chi connectivity index (χ0) is 12.7. The third-order valence-electron chi connectivity index (χ3n) is 5.23. The highest BCUT2D eigenvalue weighted by atomic mass is 16.2.